The highest BCUT2D eigenvalue weighted by Crippen LogP contribution is 2.29. The van der Waals surface area contributed by atoms with E-state index in [1.54, 1.807) is 42.0 Å². The third-order valence-electron chi connectivity index (χ3n) is 8.01. The number of halogens is 1. The van der Waals surface area contributed by atoms with Crippen LogP contribution in [0.4, 0.5) is 25.4 Å². The molecule has 2 aromatic rings. The molecule has 10 nitrogen and oxygen atoms in total. The van der Waals surface area contributed by atoms with Crippen molar-refractivity contribution in [2.75, 3.05) is 37.4 Å². The van der Waals surface area contributed by atoms with Gasteiger partial charge in [-0.3, -0.25) is 4.79 Å². The fourth-order valence-corrected chi connectivity index (χ4v) is 5.44. The first-order chi connectivity index (χ1) is 20.1. The minimum absolute atomic E-state index is 0.00617. The number of likely N-dealkylation sites (N-methyl/N-ethyl adjacent to an activating group) is 1. The molecule has 0 bridgehead atoms. The molecule has 0 unspecified atom stereocenters. The Morgan fingerprint density at radius 1 is 1.10 bits per heavy atom. The quantitative estimate of drug-likeness (QED) is 0.380. The molecule has 4 rings (SSSR count). The second kappa shape index (κ2) is 14.4. The van der Waals surface area contributed by atoms with Gasteiger partial charge in [0.2, 0.25) is 5.91 Å². The Labute approximate surface area is 246 Å². The summed E-state index contributed by atoms with van der Waals surface area (Å²) in [5.74, 6) is -0.246. The van der Waals surface area contributed by atoms with Crippen LogP contribution in [0.3, 0.4) is 0 Å². The molecule has 228 valence electrons. The number of anilines is 2. The number of urea groups is 2. The Balaban J connectivity index is 1.53. The van der Waals surface area contributed by atoms with Crippen molar-refractivity contribution < 1.29 is 28.6 Å². The Morgan fingerprint density at radius 3 is 2.45 bits per heavy atom. The summed E-state index contributed by atoms with van der Waals surface area (Å²) in [6, 6.07) is 9.59. The molecular formula is C31H42FN5O5. The molecule has 1 aliphatic heterocycles. The van der Waals surface area contributed by atoms with Crippen LogP contribution in [-0.2, 0) is 11.2 Å². The summed E-state index contributed by atoms with van der Waals surface area (Å²) < 4.78 is 19.7. The third-order valence-corrected chi connectivity index (χ3v) is 8.01. The first kappa shape index (κ1) is 31.1. The Morgan fingerprint density at radius 2 is 1.76 bits per heavy atom. The number of benzene rings is 2. The molecule has 5 amide bonds. The van der Waals surface area contributed by atoms with Gasteiger partial charge in [-0.15, -0.1) is 0 Å². The number of amides is 5. The third kappa shape index (κ3) is 8.34. The number of hydrogen-bond acceptors (Lipinski definition) is 5. The maximum Gasteiger partial charge on any atom is 0.323 e. The first-order valence-electron chi connectivity index (χ1n) is 14.7. The highest BCUT2D eigenvalue weighted by Gasteiger charge is 2.32. The molecule has 1 aliphatic carbocycles. The van der Waals surface area contributed by atoms with Gasteiger partial charge in [0, 0.05) is 42.5 Å². The zero-order valence-corrected chi connectivity index (χ0v) is 24.6. The lowest BCUT2D eigenvalue weighted by Crippen LogP contribution is -2.50. The summed E-state index contributed by atoms with van der Waals surface area (Å²) in [5, 5.41) is 18.4. The molecule has 2 aliphatic rings. The van der Waals surface area contributed by atoms with E-state index in [4.69, 9.17) is 4.74 Å². The number of rotatable bonds is 7. The molecule has 3 atom stereocenters. The fourth-order valence-electron chi connectivity index (χ4n) is 5.44. The van der Waals surface area contributed by atoms with Crippen molar-refractivity contribution in [2.45, 2.75) is 70.6 Å². The molecule has 4 N–H and O–H groups in total. The van der Waals surface area contributed by atoms with Crippen LogP contribution < -0.4 is 20.7 Å². The molecule has 42 heavy (non-hydrogen) atoms. The van der Waals surface area contributed by atoms with Gasteiger partial charge in [0.25, 0.3) is 0 Å². The van der Waals surface area contributed by atoms with Gasteiger partial charge in [-0.05, 0) is 62.2 Å². The number of fused-ring (bicyclic) bond motifs is 1. The minimum Gasteiger partial charge on any atom is -0.488 e. The Bertz CT molecular complexity index is 1240. The van der Waals surface area contributed by atoms with Gasteiger partial charge in [0.1, 0.15) is 17.7 Å². The van der Waals surface area contributed by atoms with E-state index in [1.165, 1.54) is 30.7 Å². The van der Waals surface area contributed by atoms with Crippen LogP contribution in [0.2, 0.25) is 0 Å². The zero-order valence-electron chi connectivity index (χ0n) is 24.6. The van der Waals surface area contributed by atoms with E-state index in [2.05, 4.69) is 16.0 Å². The number of carbonyl (C=O) groups excluding carboxylic acids is 3. The predicted molar refractivity (Wildman–Crippen MR) is 159 cm³/mol. The van der Waals surface area contributed by atoms with Crippen LogP contribution in [-0.4, -0.2) is 77.8 Å². The SMILES string of the molecule is C[C@H](CO)N1C[C@H](C)[C@H](CN(C)C(=O)NC2CCCCC2)Oc2ccc(NC(=O)Nc3ccc(F)cc3)cc2CC1=O. The predicted octanol–water partition coefficient (Wildman–Crippen LogP) is 4.59. The van der Waals surface area contributed by atoms with Crippen molar-refractivity contribution in [3.63, 3.8) is 0 Å². The molecule has 1 heterocycles. The van der Waals surface area contributed by atoms with Gasteiger partial charge >= 0.3 is 12.1 Å². The van der Waals surface area contributed by atoms with Crippen molar-refractivity contribution in [3.05, 3.63) is 53.8 Å². The summed E-state index contributed by atoms with van der Waals surface area (Å²) in [5.41, 5.74) is 1.44. The maximum absolute atomic E-state index is 13.4. The number of hydrogen-bond donors (Lipinski definition) is 4. The molecule has 1 saturated carbocycles. The molecule has 0 aromatic heterocycles. The Kier molecular flexibility index (Phi) is 10.6. The minimum atomic E-state index is -0.524. The molecule has 11 heteroatoms. The van der Waals surface area contributed by atoms with E-state index in [1.807, 2.05) is 6.92 Å². The Hall–Kier alpha value is -3.86. The largest absolute Gasteiger partial charge is 0.488 e. The topological polar surface area (TPSA) is 123 Å². The number of nitrogens with zero attached hydrogens (tertiary/aromatic N) is 2. The maximum atomic E-state index is 13.4. The first-order valence-corrected chi connectivity index (χ1v) is 14.7. The highest BCUT2D eigenvalue weighted by atomic mass is 19.1. The number of nitrogens with one attached hydrogen (secondary N) is 3. The standard InChI is InChI=1S/C31H42FN5O5/c1-20-17-37(21(2)19-38)29(39)16-22-15-26(34-30(40)33-25-11-9-23(32)10-12-25)13-14-27(22)42-28(20)18-36(3)31(41)35-24-7-5-4-6-8-24/h9-15,20-21,24,28,38H,4-8,16-19H2,1-3H3,(H,35,41)(H2,33,34,40)/t20-,21+,28-/m0/s1. The molecular weight excluding hydrogens is 541 g/mol. The van der Waals surface area contributed by atoms with Crippen LogP contribution in [0.5, 0.6) is 5.75 Å². The van der Waals surface area contributed by atoms with E-state index in [9.17, 15) is 23.9 Å². The molecule has 0 saturated heterocycles. The van der Waals surface area contributed by atoms with Gasteiger partial charge in [-0.25, -0.2) is 14.0 Å². The summed E-state index contributed by atoms with van der Waals surface area (Å²) in [4.78, 5) is 42.3. The lowest BCUT2D eigenvalue weighted by Gasteiger charge is -2.34. The normalized spacial score (nSPS) is 20.2. The summed E-state index contributed by atoms with van der Waals surface area (Å²) in [6.45, 7) is 4.23. The summed E-state index contributed by atoms with van der Waals surface area (Å²) >= 11 is 0. The smallest absolute Gasteiger partial charge is 0.323 e. The van der Waals surface area contributed by atoms with Crippen molar-refractivity contribution in [2.24, 2.45) is 5.92 Å². The lowest BCUT2D eigenvalue weighted by atomic mass is 9.96. The number of aliphatic hydroxyl groups is 1. The molecule has 1 fully saturated rings. The summed E-state index contributed by atoms with van der Waals surface area (Å²) in [7, 11) is 1.74. The monoisotopic (exact) mass is 583 g/mol. The van der Waals surface area contributed by atoms with Crippen molar-refractivity contribution in [1.29, 1.82) is 0 Å². The number of aliphatic hydroxyl groups excluding tert-OH is 1. The van der Waals surface area contributed by atoms with E-state index < -0.39 is 24.0 Å². The average molecular weight is 584 g/mol. The average Bonchev–Trinajstić information content (AvgIpc) is 3.01. The zero-order chi connectivity index (χ0) is 30.2. The van der Waals surface area contributed by atoms with Crippen molar-refractivity contribution in [1.82, 2.24) is 15.1 Å². The van der Waals surface area contributed by atoms with Gasteiger partial charge in [-0.1, -0.05) is 26.2 Å². The summed E-state index contributed by atoms with van der Waals surface area (Å²) in [6.07, 6.45) is 4.97. The second-order valence-electron chi connectivity index (χ2n) is 11.5. The van der Waals surface area contributed by atoms with Crippen LogP contribution in [0.1, 0.15) is 51.5 Å². The van der Waals surface area contributed by atoms with E-state index in [0.29, 0.717) is 35.8 Å². The van der Waals surface area contributed by atoms with Crippen molar-refractivity contribution in [3.8, 4) is 5.75 Å². The van der Waals surface area contributed by atoms with Gasteiger partial charge < -0.3 is 35.6 Å². The van der Waals surface area contributed by atoms with Gasteiger partial charge in [0.15, 0.2) is 0 Å². The van der Waals surface area contributed by atoms with Gasteiger partial charge in [-0.2, -0.15) is 0 Å². The number of carbonyl (C=O) groups is 3. The van der Waals surface area contributed by atoms with Crippen LogP contribution >= 0.6 is 0 Å². The van der Waals surface area contributed by atoms with Crippen LogP contribution in [0, 0.1) is 11.7 Å². The van der Waals surface area contributed by atoms with E-state index in [-0.39, 0.29) is 36.9 Å². The van der Waals surface area contributed by atoms with Crippen molar-refractivity contribution >= 4 is 29.3 Å². The van der Waals surface area contributed by atoms with E-state index >= 15 is 0 Å². The lowest BCUT2D eigenvalue weighted by molar-refractivity contribution is -0.134. The van der Waals surface area contributed by atoms with E-state index in [0.717, 1.165) is 25.7 Å². The van der Waals surface area contributed by atoms with Crippen LogP contribution in [0.15, 0.2) is 42.5 Å². The van der Waals surface area contributed by atoms with Gasteiger partial charge in [0.05, 0.1) is 25.6 Å². The highest BCUT2D eigenvalue weighted by molar-refractivity contribution is 6.00. The molecule has 0 radical (unpaired) electrons. The van der Waals surface area contributed by atoms with Crippen LogP contribution in [0.25, 0.3) is 0 Å². The fraction of sp³-hybridized carbons (Fsp3) is 0.516. The second-order valence-corrected chi connectivity index (χ2v) is 11.5. The molecule has 0 spiro atoms. The molecule has 2 aromatic carbocycles. The number of ether oxygens (including phenoxy) is 1.